The van der Waals surface area contributed by atoms with Gasteiger partial charge in [0.25, 0.3) is 0 Å². The van der Waals surface area contributed by atoms with Crippen LogP contribution in [-0.4, -0.2) is 4.98 Å². The number of nitrogens with one attached hydrogen (secondary N) is 1. The van der Waals surface area contributed by atoms with Crippen molar-refractivity contribution >= 4 is 21.8 Å². The Balaban J connectivity index is 1.79. The zero-order valence-corrected chi connectivity index (χ0v) is 15.2. The molecule has 1 aromatic heterocycles. The Morgan fingerprint density at radius 2 is 1.37 bits per heavy atom. The van der Waals surface area contributed by atoms with Gasteiger partial charge < -0.3 is 4.98 Å². The van der Waals surface area contributed by atoms with Gasteiger partial charge in [-0.25, -0.2) is 0 Å². The van der Waals surface area contributed by atoms with Crippen molar-refractivity contribution in [2.24, 2.45) is 0 Å². The highest BCUT2D eigenvalue weighted by atomic mass is 14.7. The van der Waals surface area contributed by atoms with Crippen molar-refractivity contribution in [1.29, 1.82) is 0 Å². The quantitative estimate of drug-likeness (QED) is 0.350. The maximum Gasteiger partial charge on any atom is 0.0547 e. The van der Waals surface area contributed by atoms with Crippen molar-refractivity contribution in [3.63, 3.8) is 0 Å². The highest BCUT2D eigenvalue weighted by Gasteiger charge is 2.41. The van der Waals surface area contributed by atoms with Crippen LogP contribution in [0.4, 0.5) is 0 Å². The third-order valence-corrected chi connectivity index (χ3v) is 6.31. The molecule has 1 aliphatic carbocycles. The summed E-state index contributed by atoms with van der Waals surface area (Å²) in [6, 6.07) is 33.0. The van der Waals surface area contributed by atoms with Gasteiger partial charge in [0, 0.05) is 27.3 Å². The van der Waals surface area contributed by atoms with E-state index in [9.17, 15) is 0 Å². The fourth-order valence-electron chi connectivity index (χ4n) is 4.98. The predicted molar refractivity (Wildman–Crippen MR) is 113 cm³/mol. The lowest BCUT2D eigenvalue weighted by Gasteiger charge is -2.28. The number of para-hydroxylation sites is 1. The molecular weight excluding hydrogens is 326 g/mol. The molecule has 0 radical (unpaired) electrons. The van der Waals surface area contributed by atoms with Crippen LogP contribution in [0.1, 0.15) is 23.6 Å². The first-order chi connectivity index (χ1) is 13.3. The molecule has 1 unspecified atom stereocenters. The monoisotopic (exact) mass is 345 g/mol. The maximum absolute atomic E-state index is 3.71. The maximum atomic E-state index is 3.71. The molecular formula is C26H19N. The van der Waals surface area contributed by atoms with Gasteiger partial charge in [-0.3, -0.25) is 0 Å². The third-order valence-electron chi connectivity index (χ3n) is 6.31. The predicted octanol–water partition coefficient (Wildman–Crippen LogP) is 6.66. The Bertz CT molecular complexity index is 1330. The van der Waals surface area contributed by atoms with E-state index in [0.717, 1.165) is 0 Å². The van der Waals surface area contributed by atoms with Crippen LogP contribution in [0, 0.1) is 0 Å². The van der Waals surface area contributed by atoms with E-state index < -0.39 is 0 Å². The van der Waals surface area contributed by atoms with Crippen LogP contribution < -0.4 is 0 Å². The summed E-state index contributed by atoms with van der Waals surface area (Å²) in [6.45, 7) is 2.36. The molecule has 1 heterocycles. The summed E-state index contributed by atoms with van der Waals surface area (Å²) in [5.74, 6) is 0. The summed E-state index contributed by atoms with van der Waals surface area (Å²) in [5.41, 5.74) is 9.12. The molecule has 27 heavy (non-hydrogen) atoms. The Kier molecular flexibility index (Phi) is 2.80. The number of hydrogen-bond acceptors (Lipinski definition) is 0. The Labute approximate surface area is 158 Å². The van der Waals surface area contributed by atoms with Crippen LogP contribution in [0.25, 0.3) is 32.9 Å². The lowest BCUT2D eigenvalue weighted by molar-refractivity contribution is 0.714. The first kappa shape index (κ1) is 14.8. The van der Waals surface area contributed by atoms with E-state index in [-0.39, 0.29) is 5.41 Å². The summed E-state index contributed by atoms with van der Waals surface area (Å²) in [4.78, 5) is 3.71. The number of H-pyrrole nitrogens is 1. The molecule has 5 aromatic rings. The zero-order chi connectivity index (χ0) is 18.0. The second-order valence-corrected chi connectivity index (χ2v) is 7.62. The minimum atomic E-state index is -0.140. The van der Waals surface area contributed by atoms with Crippen LogP contribution in [0.5, 0.6) is 0 Å². The van der Waals surface area contributed by atoms with Crippen molar-refractivity contribution < 1.29 is 0 Å². The van der Waals surface area contributed by atoms with Crippen LogP contribution in [0.15, 0.2) is 91.0 Å². The fraction of sp³-hybridized carbons (Fsp3) is 0.0769. The van der Waals surface area contributed by atoms with Crippen molar-refractivity contribution in [2.75, 3.05) is 0 Å². The molecule has 0 aliphatic heterocycles. The van der Waals surface area contributed by atoms with E-state index >= 15 is 0 Å². The van der Waals surface area contributed by atoms with Crippen LogP contribution in [0.2, 0.25) is 0 Å². The van der Waals surface area contributed by atoms with Gasteiger partial charge in [-0.05, 0) is 35.2 Å². The van der Waals surface area contributed by atoms with Gasteiger partial charge in [0.15, 0.2) is 0 Å². The van der Waals surface area contributed by atoms with E-state index in [0.29, 0.717) is 0 Å². The Hall–Kier alpha value is -3.32. The second-order valence-electron chi connectivity index (χ2n) is 7.62. The average molecular weight is 345 g/mol. The number of rotatable bonds is 1. The number of aromatic amines is 1. The van der Waals surface area contributed by atoms with E-state index in [1.54, 1.807) is 0 Å². The van der Waals surface area contributed by atoms with Gasteiger partial charge in [-0.15, -0.1) is 0 Å². The first-order valence-electron chi connectivity index (χ1n) is 9.48. The molecule has 1 heteroatoms. The van der Waals surface area contributed by atoms with Crippen molar-refractivity contribution in [2.45, 2.75) is 12.3 Å². The molecule has 1 atom stereocenters. The van der Waals surface area contributed by atoms with Gasteiger partial charge >= 0.3 is 0 Å². The normalized spacial score (nSPS) is 18.0. The van der Waals surface area contributed by atoms with Gasteiger partial charge in [0.2, 0.25) is 0 Å². The molecule has 0 saturated heterocycles. The van der Waals surface area contributed by atoms with Gasteiger partial charge in [-0.1, -0.05) is 84.9 Å². The Morgan fingerprint density at radius 3 is 2.26 bits per heavy atom. The highest BCUT2D eigenvalue weighted by Crippen LogP contribution is 2.54. The Morgan fingerprint density at radius 1 is 0.630 bits per heavy atom. The molecule has 0 bridgehead atoms. The molecule has 1 aliphatic rings. The van der Waals surface area contributed by atoms with Crippen LogP contribution in [-0.2, 0) is 5.41 Å². The van der Waals surface area contributed by atoms with Crippen molar-refractivity contribution in [3.05, 3.63) is 108 Å². The number of fused-ring (bicyclic) bond motifs is 7. The summed E-state index contributed by atoms with van der Waals surface area (Å²) >= 11 is 0. The summed E-state index contributed by atoms with van der Waals surface area (Å²) < 4.78 is 0. The number of hydrogen-bond donors (Lipinski definition) is 1. The van der Waals surface area contributed by atoms with E-state index in [1.807, 2.05) is 0 Å². The minimum Gasteiger partial charge on any atom is -0.354 e. The summed E-state index contributed by atoms with van der Waals surface area (Å²) in [7, 11) is 0. The van der Waals surface area contributed by atoms with Crippen molar-refractivity contribution in [3.8, 4) is 11.1 Å². The fourth-order valence-corrected chi connectivity index (χ4v) is 4.98. The van der Waals surface area contributed by atoms with Gasteiger partial charge in [-0.2, -0.15) is 0 Å². The molecule has 128 valence electrons. The topological polar surface area (TPSA) is 15.8 Å². The van der Waals surface area contributed by atoms with Gasteiger partial charge in [0.05, 0.1) is 5.52 Å². The first-order valence-corrected chi connectivity index (χ1v) is 9.48. The van der Waals surface area contributed by atoms with E-state index in [1.165, 1.54) is 49.6 Å². The average Bonchev–Trinajstić information content (AvgIpc) is 3.23. The SMILES string of the molecule is CC1(c2ccccc2)c2ccccc2-c2c1ccc1c2[nH]c2ccccc21. The molecule has 0 spiro atoms. The summed E-state index contributed by atoms with van der Waals surface area (Å²) in [5, 5.41) is 2.59. The second kappa shape index (κ2) is 5.11. The smallest absolute Gasteiger partial charge is 0.0547 e. The zero-order valence-electron chi connectivity index (χ0n) is 15.2. The molecule has 4 aromatic carbocycles. The third kappa shape index (κ3) is 1.79. The lowest BCUT2D eigenvalue weighted by atomic mass is 9.74. The number of benzene rings is 4. The van der Waals surface area contributed by atoms with E-state index in [4.69, 9.17) is 0 Å². The molecule has 0 fully saturated rings. The minimum absolute atomic E-state index is 0.140. The van der Waals surface area contributed by atoms with Crippen LogP contribution in [0.3, 0.4) is 0 Å². The van der Waals surface area contributed by atoms with Crippen LogP contribution >= 0.6 is 0 Å². The summed E-state index contributed by atoms with van der Waals surface area (Å²) in [6.07, 6.45) is 0. The molecule has 1 nitrogen and oxygen atoms in total. The molecule has 1 N–H and O–H groups in total. The molecule has 0 amide bonds. The van der Waals surface area contributed by atoms with Crippen molar-refractivity contribution in [1.82, 2.24) is 4.98 Å². The standard InChI is InChI=1S/C26H19N/c1-26(17-9-3-2-4-10-17)21-13-7-5-12-20(21)24-22(26)16-15-19-18-11-6-8-14-23(18)27-25(19)24/h2-16,27H,1H3. The number of aromatic nitrogens is 1. The molecule has 6 rings (SSSR count). The largest absolute Gasteiger partial charge is 0.354 e. The molecule has 0 saturated carbocycles. The highest BCUT2D eigenvalue weighted by molar-refractivity contribution is 6.14. The van der Waals surface area contributed by atoms with Gasteiger partial charge in [0.1, 0.15) is 0 Å². The lowest BCUT2D eigenvalue weighted by Crippen LogP contribution is -2.22. The van der Waals surface area contributed by atoms with E-state index in [2.05, 4.69) is 103 Å².